The molecule has 4 heteroatoms. The summed E-state index contributed by atoms with van der Waals surface area (Å²) in [5.74, 6) is 0. The molecule has 0 bridgehead atoms. The fraction of sp³-hybridized carbons (Fsp3) is 0.625. The van der Waals surface area contributed by atoms with Gasteiger partial charge in [0, 0.05) is 11.8 Å². The molecular weight excluding hydrogens is 220 g/mol. The van der Waals surface area contributed by atoms with Gasteiger partial charge in [0.1, 0.15) is 4.60 Å². The Morgan fingerprint density at radius 3 is 2.58 bits per heavy atom. The maximum absolute atomic E-state index is 9.07. The molecule has 3 nitrogen and oxygen atoms in total. The van der Waals surface area contributed by atoms with Gasteiger partial charge >= 0.3 is 0 Å². The van der Waals surface area contributed by atoms with Crippen LogP contribution in [0.4, 0.5) is 0 Å². The molecule has 0 aliphatic carbocycles. The van der Waals surface area contributed by atoms with Crippen molar-refractivity contribution in [3.63, 3.8) is 0 Å². The van der Waals surface area contributed by atoms with Crippen molar-refractivity contribution >= 4 is 15.9 Å². The lowest BCUT2D eigenvalue weighted by Crippen LogP contribution is -2.30. The smallest absolute Gasteiger partial charge is 0.131 e. The van der Waals surface area contributed by atoms with Crippen LogP contribution < -0.4 is 0 Å². The lowest BCUT2D eigenvalue weighted by molar-refractivity contribution is 0.152. The minimum atomic E-state index is -0.323. The van der Waals surface area contributed by atoms with E-state index >= 15 is 0 Å². The average molecular weight is 233 g/mol. The average Bonchev–Trinajstić information content (AvgIpc) is 2.33. The fourth-order valence-corrected chi connectivity index (χ4v) is 1.09. The molecule has 0 spiro atoms. The third kappa shape index (κ3) is 1.69. The van der Waals surface area contributed by atoms with Gasteiger partial charge in [0.2, 0.25) is 0 Å². The van der Waals surface area contributed by atoms with E-state index in [-0.39, 0.29) is 12.1 Å². The van der Waals surface area contributed by atoms with Crippen LogP contribution in [0.25, 0.3) is 0 Å². The van der Waals surface area contributed by atoms with Gasteiger partial charge < -0.3 is 5.11 Å². The van der Waals surface area contributed by atoms with Crippen molar-refractivity contribution in [2.75, 3.05) is 6.61 Å². The number of rotatable bonds is 2. The van der Waals surface area contributed by atoms with Gasteiger partial charge in [0.05, 0.1) is 12.1 Å². The zero-order chi connectivity index (χ0) is 9.35. The summed E-state index contributed by atoms with van der Waals surface area (Å²) in [6, 6.07) is 0. The third-order valence-electron chi connectivity index (χ3n) is 1.84. The highest BCUT2D eigenvalue weighted by Crippen LogP contribution is 2.19. The van der Waals surface area contributed by atoms with Crippen molar-refractivity contribution in [1.29, 1.82) is 0 Å². The van der Waals surface area contributed by atoms with Crippen LogP contribution in [0.2, 0.25) is 0 Å². The summed E-state index contributed by atoms with van der Waals surface area (Å²) in [5.41, 5.74) is 0.757. The first kappa shape index (κ1) is 9.74. The van der Waals surface area contributed by atoms with Crippen molar-refractivity contribution in [1.82, 2.24) is 9.78 Å². The number of hydrogen-bond donors (Lipinski definition) is 1. The first-order chi connectivity index (χ1) is 5.47. The zero-order valence-corrected chi connectivity index (χ0v) is 9.09. The predicted octanol–water partition coefficient (Wildman–Crippen LogP) is 1.68. The SMILES string of the molecule is Cc1cn(C(C)(C)CO)nc1Br. The molecule has 0 saturated heterocycles. The van der Waals surface area contributed by atoms with Crippen molar-refractivity contribution in [3.05, 3.63) is 16.4 Å². The first-order valence-electron chi connectivity index (χ1n) is 3.80. The zero-order valence-electron chi connectivity index (χ0n) is 7.50. The molecule has 68 valence electrons. The van der Waals surface area contributed by atoms with Crippen molar-refractivity contribution in [2.24, 2.45) is 0 Å². The van der Waals surface area contributed by atoms with E-state index < -0.39 is 0 Å². The molecule has 1 aromatic rings. The molecule has 0 saturated carbocycles. The second kappa shape index (κ2) is 3.18. The van der Waals surface area contributed by atoms with Crippen LogP contribution in [-0.4, -0.2) is 21.5 Å². The van der Waals surface area contributed by atoms with Gasteiger partial charge in [-0.15, -0.1) is 0 Å². The summed E-state index contributed by atoms with van der Waals surface area (Å²) in [6.07, 6.45) is 1.92. The van der Waals surface area contributed by atoms with Crippen LogP contribution in [0.3, 0.4) is 0 Å². The van der Waals surface area contributed by atoms with Gasteiger partial charge in [-0.1, -0.05) is 0 Å². The molecule has 12 heavy (non-hydrogen) atoms. The van der Waals surface area contributed by atoms with Gasteiger partial charge in [-0.2, -0.15) is 5.10 Å². The maximum atomic E-state index is 9.07. The molecule has 1 heterocycles. The second-order valence-electron chi connectivity index (χ2n) is 3.52. The van der Waals surface area contributed by atoms with Gasteiger partial charge in [-0.25, -0.2) is 0 Å². The molecular formula is C8H13BrN2O. The number of aromatic nitrogens is 2. The van der Waals surface area contributed by atoms with E-state index in [2.05, 4.69) is 21.0 Å². The number of aliphatic hydroxyl groups is 1. The van der Waals surface area contributed by atoms with Crippen molar-refractivity contribution < 1.29 is 5.11 Å². The number of halogens is 1. The number of aliphatic hydroxyl groups excluding tert-OH is 1. The van der Waals surface area contributed by atoms with Crippen LogP contribution in [0.1, 0.15) is 19.4 Å². The van der Waals surface area contributed by atoms with Gasteiger partial charge in [-0.3, -0.25) is 4.68 Å². The molecule has 0 atom stereocenters. The summed E-state index contributed by atoms with van der Waals surface area (Å²) in [5, 5.41) is 13.3. The lowest BCUT2D eigenvalue weighted by Gasteiger charge is -2.21. The Hall–Kier alpha value is -0.350. The van der Waals surface area contributed by atoms with Gasteiger partial charge in [0.25, 0.3) is 0 Å². The molecule has 0 aliphatic heterocycles. The van der Waals surface area contributed by atoms with E-state index in [4.69, 9.17) is 5.11 Å². The van der Waals surface area contributed by atoms with Crippen LogP contribution in [0, 0.1) is 6.92 Å². The largest absolute Gasteiger partial charge is 0.394 e. The Balaban J connectivity index is 3.04. The van der Waals surface area contributed by atoms with Gasteiger partial charge in [-0.05, 0) is 36.7 Å². The fourth-order valence-electron chi connectivity index (χ4n) is 0.822. The maximum Gasteiger partial charge on any atom is 0.131 e. The summed E-state index contributed by atoms with van der Waals surface area (Å²) < 4.78 is 2.61. The molecule has 0 unspecified atom stereocenters. The van der Waals surface area contributed by atoms with Crippen LogP contribution in [-0.2, 0) is 5.54 Å². The molecule has 0 aromatic carbocycles. The van der Waals surface area contributed by atoms with Crippen LogP contribution in [0.15, 0.2) is 10.8 Å². The highest BCUT2D eigenvalue weighted by molar-refractivity contribution is 9.10. The Morgan fingerprint density at radius 2 is 2.25 bits per heavy atom. The molecule has 0 fully saturated rings. The Labute approximate surface area is 80.5 Å². The van der Waals surface area contributed by atoms with E-state index in [0.29, 0.717) is 0 Å². The Morgan fingerprint density at radius 1 is 1.67 bits per heavy atom. The van der Waals surface area contributed by atoms with E-state index in [9.17, 15) is 0 Å². The summed E-state index contributed by atoms with van der Waals surface area (Å²) in [7, 11) is 0. The number of nitrogens with zero attached hydrogens (tertiary/aromatic N) is 2. The van der Waals surface area contributed by atoms with Crippen molar-refractivity contribution in [3.8, 4) is 0 Å². The van der Waals surface area contributed by atoms with E-state index in [1.807, 2.05) is 27.0 Å². The monoisotopic (exact) mass is 232 g/mol. The minimum absolute atomic E-state index is 0.0839. The predicted molar refractivity (Wildman–Crippen MR) is 51.1 cm³/mol. The molecule has 1 rings (SSSR count). The van der Waals surface area contributed by atoms with Crippen molar-refractivity contribution in [2.45, 2.75) is 26.3 Å². The van der Waals surface area contributed by atoms with Crippen LogP contribution in [0.5, 0.6) is 0 Å². The molecule has 1 N–H and O–H groups in total. The van der Waals surface area contributed by atoms with E-state index in [1.54, 1.807) is 4.68 Å². The first-order valence-corrected chi connectivity index (χ1v) is 4.60. The molecule has 1 aromatic heterocycles. The lowest BCUT2D eigenvalue weighted by atomic mass is 10.1. The normalized spacial score (nSPS) is 12.1. The Bertz CT molecular complexity index is 261. The standard InChI is InChI=1S/C8H13BrN2O/c1-6-4-11(10-7(6)9)8(2,3)5-12/h4,12H,5H2,1-3H3. The van der Waals surface area contributed by atoms with E-state index in [1.165, 1.54) is 0 Å². The highest BCUT2D eigenvalue weighted by atomic mass is 79.9. The summed E-state index contributed by atoms with van der Waals surface area (Å²) in [6.45, 7) is 5.93. The minimum Gasteiger partial charge on any atom is -0.394 e. The third-order valence-corrected chi connectivity index (χ3v) is 2.63. The highest BCUT2D eigenvalue weighted by Gasteiger charge is 2.20. The number of aryl methyl sites for hydroxylation is 1. The molecule has 0 amide bonds. The second-order valence-corrected chi connectivity index (χ2v) is 4.27. The molecule has 0 radical (unpaired) electrons. The summed E-state index contributed by atoms with van der Waals surface area (Å²) in [4.78, 5) is 0. The van der Waals surface area contributed by atoms with E-state index in [0.717, 1.165) is 10.2 Å². The van der Waals surface area contributed by atoms with Gasteiger partial charge in [0.15, 0.2) is 0 Å². The van der Waals surface area contributed by atoms with Crippen LogP contribution >= 0.6 is 15.9 Å². The summed E-state index contributed by atoms with van der Waals surface area (Å²) >= 11 is 3.32. The quantitative estimate of drug-likeness (QED) is 0.843. The topological polar surface area (TPSA) is 38.0 Å². The molecule has 0 aliphatic rings. The Kier molecular flexibility index (Phi) is 2.58. The number of hydrogen-bond acceptors (Lipinski definition) is 2.